The lowest BCUT2D eigenvalue weighted by Crippen LogP contribution is -1.81. The topological polar surface area (TPSA) is 17.3 Å². The van der Waals surface area contributed by atoms with Gasteiger partial charge in [-0.25, -0.2) is 4.98 Å². The van der Waals surface area contributed by atoms with E-state index in [2.05, 4.69) is 72.0 Å². The highest BCUT2D eigenvalue weighted by molar-refractivity contribution is 5.63. The fourth-order valence-electron chi connectivity index (χ4n) is 2.03. The van der Waals surface area contributed by atoms with Crippen LogP contribution in [-0.4, -0.2) is 9.38 Å². The number of benzene rings is 1. The van der Waals surface area contributed by atoms with Crippen LogP contribution in [0.25, 0.3) is 16.9 Å². The molecule has 2 heteroatoms. The van der Waals surface area contributed by atoms with Gasteiger partial charge in [0, 0.05) is 18.0 Å². The number of hydrogen-bond donors (Lipinski definition) is 0. The van der Waals surface area contributed by atoms with Crippen molar-refractivity contribution < 1.29 is 0 Å². The Morgan fingerprint density at radius 3 is 2.65 bits per heavy atom. The molecule has 0 bridgehead atoms. The standard InChI is InChI=1S/C15H14N2/c1-11-4-3-5-13(8-11)14-10-17-7-6-12(2)9-15(17)16-14/h3-10H,1-2H3. The molecule has 2 nitrogen and oxygen atoms in total. The molecule has 2 aromatic heterocycles. The summed E-state index contributed by atoms with van der Waals surface area (Å²) in [6.45, 7) is 4.18. The van der Waals surface area contributed by atoms with Crippen LogP contribution in [0.4, 0.5) is 0 Å². The summed E-state index contributed by atoms with van der Waals surface area (Å²) in [7, 11) is 0. The molecule has 17 heavy (non-hydrogen) atoms. The van der Waals surface area contributed by atoms with Gasteiger partial charge in [0.2, 0.25) is 0 Å². The van der Waals surface area contributed by atoms with E-state index in [1.165, 1.54) is 16.7 Å². The third-order valence-electron chi connectivity index (χ3n) is 2.93. The van der Waals surface area contributed by atoms with E-state index < -0.39 is 0 Å². The van der Waals surface area contributed by atoms with Gasteiger partial charge in [0.25, 0.3) is 0 Å². The number of fused-ring (bicyclic) bond motifs is 1. The third-order valence-corrected chi connectivity index (χ3v) is 2.93. The predicted octanol–water partition coefficient (Wildman–Crippen LogP) is 3.62. The Hall–Kier alpha value is -2.09. The lowest BCUT2D eigenvalue weighted by Gasteiger charge is -1.96. The SMILES string of the molecule is Cc1cccc(-c2cn3ccc(C)cc3n2)c1. The van der Waals surface area contributed by atoms with Crippen LogP contribution >= 0.6 is 0 Å². The Labute approximate surface area is 101 Å². The summed E-state index contributed by atoms with van der Waals surface area (Å²) in [6, 6.07) is 12.6. The monoisotopic (exact) mass is 222 g/mol. The maximum absolute atomic E-state index is 4.65. The molecule has 0 radical (unpaired) electrons. The van der Waals surface area contributed by atoms with Crippen molar-refractivity contribution in [2.45, 2.75) is 13.8 Å². The van der Waals surface area contributed by atoms with Crippen LogP contribution in [0.1, 0.15) is 11.1 Å². The molecule has 84 valence electrons. The van der Waals surface area contributed by atoms with Gasteiger partial charge < -0.3 is 4.40 Å². The Bertz CT molecular complexity index is 680. The molecule has 0 fully saturated rings. The summed E-state index contributed by atoms with van der Waals surface area (Å²) in [5.74, 6) is 0. The van der Waals surface area contributed by atoms with Gasteiger partial charge in [-0.2, -0.15) is 0 Å². The maximum atomic E-state index is 4.65. The number of nitrogens with zero attached hydrogens (tertiary/aromatic N) is 2. The first-order valence-electron chi connectivity index (χ1n) is 5.75. The average Bonchev–Trinajstić information content (AvgIpc) is 2.72. The van der Waals surface area contributed by atoms with Crippen LogP contribution in [0.15, 0.2) is 48.8 Å². The van der Waals surface area contributed by atoms with Crippen LogP contribution < -0.4 is 0 Å². The van der Waals surface area contributed by atoms with Crippen LogP contribution in [-0.2, 0) is 0 Å². The minimum atomic E-state index is 1.00. The number of aryl methyl sites for hydroxylation is 2. The largest absolute Gasteiger partial charge is 0.306 e. The van der Waals surface area contributed by atoms with Crippen molar-refractivity contribution in [1.29, 1.82) is 0 Å². The molecule has 0 aliphatic heterocycles. The van der Waals surface area contributed by atoms with E-state index in [0.29, 0.717) is 0 Å². The highest BCUT2D eigenvalue weighted by Crippen LogP contribution is 2.20. The van der Waals surface area contributed by atoms with Crippen molar-refractivity contribution in [3.63, 3.8) is 0 Å². The number of pyridine rings is 1. The zero-order chi connectivity index (χ0) is 11.8. The molecule has 3 rings (SSSR count). The smallest absolute Gasteiger partial charge is 0.137 e. The second kappa shape index (κ2) is 3.74. The summed E-state index contributed by atoms with van der Waals surface area (Å²) < 4.78 is 2.06. The fraction of sp³-hybridized carbons (Fsp3) is 0.133. The van der Waals surface area contributed by atoms with E-state index in [-0.39, 0.29) is 0 Å². The molecule has 0 saturated carbocycles. The zero-order valence-corrected chi connectivity index (χ0v) is 10.0. The third kappa shape index (κ3) is 1.82. The second-order valence-corrected chi connectivity index (χ2v) is 4.47. The first kappa shape index (κ1) is 10.1. The van der Waals surface area contributed by atoms with E-state index in [1.807, 2.05) is 0 Å². The van der Waals surface area contributed by atoms with E-state index in [0.717, 1.165) is 11.3 Å². The van der Waals surface area contributed by atoms with Crippen molar-refractivity contribution in [1.82, 2.24) is 9.38 Å². The highest BCUT2D eigenvalue weighted by atomic mass is 15.0. The van der Waals surface area contributed by atoms with Gasteiger partial charge >= 0.3 is 0 Å². The normalized spacial score (nSPS) is 10.9. The molecule has 0 atom stereocenters. The molecule has 0 unspecified atom stereocenters. The van der Waals surface area contributed by atoms with Gasteiger partial charge in [0.1, 0.15) is 5.65 Å². The Balaban J connectivity index is 2.18. The average molecular weight is 222 g/mol. The lowest BCUT2D eigenvalue weighted by atomic mass is 10.1. The molecular formula is C15H14N2. The molecule has 2 heterocycles. The summed E-state index contributed by atoms with van der Waals surface area (Å²) in [5, 5.41) is 0. The molecular weight excluding hydrogens is 208 g/mol. The number of rotatable bonds is 1. The maximum Gasteiger partial charge on any atom is 0.137 e. The Morgan fingerprint density at radius 2 is 1.82 bits per heavy atom. The van der Waals surface area contributed by atoms with Gasteiger partial charge in [-0.05, 0) is 37.6 Å². The zero-order valence-electron chi connectivity index (χ0n) is 10.0. The molecule has 0 N–H and O–H groups in total. The molecule has 0 amide bonds. The van der Waals surface area contributed by atoms with Gasteiger partial charge in [0.05, 0.1) is 5.69 Å². The van der Waals surface area contributed by atoms with Crippen molar-refractivity contribution in [2.75, 3.05) is 0 Å². The lowest BCUT2D eigenvalue weighted by molar-refractivity contribution is 1.17. The second-order valence-electron chi connectivity index (χ2n) is 4.47. The quantitative estimate of drug-likeness (QED) is 0.614. The first-order chi connectivity index (χ1) is 8.22. The molecule has 0 spiro atoms. The molecule has 3 aromatic rings. The number of aromatic nitrogens is 2. The number of imidazole rings is 1. The van der Waals surface area contributed by atoms with Crippen LogP contribution in [0.3, 0.4) is 0 Å². The molecule has 1 aromatic carbocycles. The van der Waals surface area contributed by atoms with E-state index >= 15 is 0 Å². The van der Waals surface area contributed by atoms with Gasteiger partial charge in [-0.1, -0.05) is 23.8 Å². The summed E-state index contributed by atoms with van der Waals surface area (Å²) in [6.07, 6.45) is 4.13. The van der Waals surface area contributed by atoms with E-state index in [9.17, 15) is 0 Å². The minimum Gasteiger partial charge on any atom is -0.306 e. The van der Waals surface area contributed by atoms with E-state index in [4.69, 9.17) is 0 Å². The van der Waals surface area contributed by atoms with Gasteiger partial charge in [-0.15, -0.1) is 0 Å². The van der Waals surface area contributed by atoms with Gasteiger partial charge in [-0.3, -0.25) is 0 Å². The van der Waals surface area contributed by atoms with Crippen molar-refractivity contribution >= 4 is 5.65 Å². The van der Waals surface area contributed by atoms with Crippen LogP contribution in [0, 0.1) is 13.8 Å². The Kier molecular flexibility index (Phi) is 2.22. The Morgan fingerprint density at radius 1 is 1.00 bits per heavy atom. The van der Waals surface area contributed by atoms with Crippen LogP contribution in [0.2, 0.25) is 0 Å². The molecule has 0 saturated heterocycles. The predicted molar refractivity (Wildman–Crippen MR) is 70.1 cm³/mol. The van der Waals surface area contributed by atoms with Crippen molar-refractivity contribution in [3.8, 4) is 11.3 Å². The summed E-state index contributed by atoms with van der Waals surface area (Å²) in [4.78, 5) is 4.65. The first-order valence-corrected chi connectivity index (χ1v) is 5.75. The van der Waals surface area contributed by atoms with Crippen molar-refractivity contribution in [3.05, 3.63) is 59.9 Å². The summed E-state index contributed by atoms with van der Waals surface area (Å²) >= 11 is 0. The van der Waals surface area contributed by atoms with Crippen LogP contribution in [0.5, 0.6) is 0 Å². The fourth-order valence-corrected chi connectivity index (χ4v) is 2.03. The minimum absolute atomic E-state index is 1.00. The molecule has 0 aliphatic carbocycles. The van der Waals surface area contributed by atoms with Gasteiger partial charge in [0.15, 0.2) is 0 Å². The van der Waals surface area contributed by atoms with E-state index in [1.54, 1.807) is 0 Å². The van der Waals surface area contributed by atoms with Crippen molar-refractivity contribution in [2.24, 2.45) is 0 Å². The number of hydrogen-bond acceptors (Lipinski definition) is 1. The molecule has 0 aliphatic rings. The highest BCUT2D eigenvalue weighted by Gasteiger charge is 2.04. The summed E-state index contributed by atoms with van der Waals surface area (Å²) in [5.41, 5.74) is 5.70.